The van der Waals surface area contributed by atoms with Crippen LogP contribution in [0, 0.1) is 0 Å². The number of unbranched alkanes of at least 4 members (excludes halogenated alkanes) is 5. The van der Waals surface area contributed by atoms with E-state index in [9.17, 15) is 0 Å². The maximum Gasteiger partial charge on any atom is 0.192 e. The molecule has 0 aliphatic rings. The Balaban J connectivity index is 2.33. The van der Waals surface area contributed by atoms with Crippen LogP contribution in [-0.2, 0) is 17.6 Å². The molecule has 132 valence electrons. The molecule has 0 saturated carbocycles. The predicted molar refractivity (Wildman–Crippen MR) is 102 cm³/mol. The number of aromatic nitrogens is 1. The van der Waals surface area contributed by atoms with Crippen molar-refractivity contribution in [2.75, 3.05) is 0 Å². The van der Waals surface area contributed by atoms with Gasteiger partial charge in [0, 0.05) is 18.6 Å². The van der Waals surface area contributed by atoms with E-state index in [1.54, 1.807) is 0 Å². The van der Waals surface area contributed by atoms with E-state index in [2.05, 4.69) is 56.8 Å². The quantitative estimate of drug-likeness (QED) is 0.250. The summed E-state index contributed by atoms with van der Waals surface area (Å²) in [5.41, 5.74) is 1.32. The molecule has 0 spiro atoms. The van der Waals surface area contributed by atoms with E-state index in [4.69, 9.17) is 4.43 Å². The summed E-state index contributed by atoms with van der Waals surface area (Å²) >= 11 is 0. The van der Waals surface area contributed by atoms with Crippen molar-refractivity contribution >= 4 is 8.32 Å². The molecule has 1 heterocycles. The van der Waals surface area contributed by atoms with Crippen molar-refractivity contribution in [3.63, 3.8) is 0 Å². The van der Waals surface area contributed by atoms with E-state index in [-0.39, 0.29) is 0 Å². The fraction of sp³-hybridized carbons (Fsp3) is 0.750. The lowest BCUT2D eigenvalue weighted by atomic mass is 10.1. The molecule has 3 heteroatoms. The van der Waals surface area contributed by atoms with Crippen molar-refractivity contribution in [1.29, 1.82) is 0 Å². The van der Waals surface area contributed by atoms with Gasteiger partial charge in [0.2, 0.25) is 0 Å². The van der Waals surface area contributed by atoms with Crippen LogP contribution < -0.4 is 4.57 Å². The highest BCUT2D eigenvalue weighted by Crippen LogP contribution is 2.22. The third kappa shape index (κ3) is 7.62. The van der Waals surface area contributed by atoms with E-state index in [1.165, 1.54) is 62.2 Å². The first-order valence-corrected chi connectivity index (χ1v) is 12.3. The van der Waals surface area contributed by atoms with Gasteiger partial charge in [0.25, 0.3) is 0 Å². The highest BCUT2D eigenvalue weighted by Gasteiger charge is 2.28. The Hall–Kier alpha value is -0.673. The van der Waals surface area contributed by atoms with E-state index < -0.39 is 8.32 Å². The van der Waals surface area contributed by atoms with E-state index >= 15 is 0 Å². The van der Waals surface area contributed by atoms with Crippen LogP contribution in [0.5, 0.6) is 0 Å². The van der Waals surface area contributed by atoms with Crippen LogP contribution in [0.2, 0.25) is 18.1 Å². The summed E-state index contributed by atoms with van der Waals surface area (Å²) in [7, 11) is -1.46. The van der Waals surface area contributed by atoms with Crippen molar-refractivity contribution in [3.05, 3.63) is 30.1 Å². The molecule has 0 atom stereocenters. The van der Waals surface area contributed by atoms with Crippen LogP contribution in [0.25, 0.3) is 0 Å². The Morgan fingerprint density at radius 2 is 1.39 bits per heavy atom. The predicted octanol–water partition coefficient (Wildman–Crippen LogP) is 5.86. The Bertz CT molecular complexity index is 392. The minimum Gasteiger partial charge on any atom is -0.413 e. The van der Waals surface area contributed by atoms with Gasteiger partial charge in [-0.1, -0.05) is 53.4 Å². The molecular formula is C20H38NOSi+. The second-order valence-electron chi connectivity index (χ2n) is 6.74. The molecule has 0 bridgehead atoms. The van der Waals surface area contributed by atoms with E-state index in [0.29, 0.717) is 0 Å². The zero-order valence-corrected chi connectivity index (χ0v) is 16.9. The molecule has 0 aromatic carbocycles. The minimum atomic E-state index is -1.46. The molecule has 2 nitrogen and oxygen atoms in total. The smallest absolute Gasteiger partial charge is 0.192 e. The van der Waals surface area contributed by atoms with Crippen LogP contribution in [0.15, 0.2) is 24.5 Å². The van der Waals surface area contributed by atoms with Gasteiger partial charge in [0.1, 0.15) is 6.54 Å². The summed E-state index contributed by atoms with van der Waals surface area (Å²) in [6.07, 6.45) is 12.6. The summed E-state index contributed by atoms with van der Waals surface area (Å²) in [6.45, 7) is 11.1. The Morgan fingerprint density at radius 1 is 0.826 bits per heavy atom. The Morgan fingerprint density at radius 3 is 1.96 bits per heavy atom. The van der Waals surface area contributed by atoms with Gasteiger partial charge in [-0.25, -0.2) is 4.57 Å². The third-order valence-electron chi connectivity index (χ3n) is 5.21. The van der Waals surface area contributed by atoms with Gasteiger partial charge in [0.05, 0.1) is 6.61 Å². The largest absolute Gasteiger partial charge is 0.413 e. The average molecular weight is 337 g/mol. The first-order chi connectivity index (χ1) is 11.2. The SMILES string of the molecule is CCCCCCCC[n+]1ccc(CO[Si](CC)(CC)CC)cc1. The molecule has 0 saturated heterocycles. The fourth-order valence-corrected chi connectivity index (χ4v) is 5.69. The molecule has 0 amide bonds. The number of hydrogen-bond donors (Lipinski definition) is 0. The number of pyridine rings is 1. The summed E-state index contributed by atoms with van der Waals surface area (Å²) in [5, 5.41) is 0. The molecule has 1 rings (SSSR count). The molecule has 0 aliphatic carbocycles. The molecular weight excluding hydrogens is 298 g/mol. The van der Waals surface area contributed by atoms with Gasteiger partial charge in [0.15, 0.2) is 20.7 Å². The molecule has 23 heavy (non-hydrogen) atoms. The van der Waals surface area contributed by atoms with Gasteiger partial charge < -0.3 is 4.43 Å². The molecule has 0 aliphatic heterocycles. The zero-order valence-electron chi connectivity index (χ0n) is 15.9. The second kappa shape index (κ2) is 11.8. The number of hydrogen-bond acceptors (Lipinski definition) is 1. The van der Waals surface area contributed by atoms with Crippen molar-refractivity contribution in [2.45, 2.75) is 97.5 Å². The van der Waals surface area contributed by atoms with Crippen LogP contribution in [0.4, 0.5) is 0 Å². The van der Waals surface area contributed by atoms with E-state index in [0.717, 1.165) is 13.2 Å². The summed E-state index contributed by atoms with van der Waals surface area (Å²) in [4.78, 5) is 0. The lowest BCUT2D eigenvalue weighted by Gasteiger charge is -2.27. The van der Waals surface area contributed by atoms with Crippen LogP contribution in [0.3, 0.4) is 0 Å². The van der Waals surface area contributed by atoms with Gasteiger partial charge in [-0.2, -0.15) is 0 Å². The topological polar surface area (TPSA) is 13.1 Å². The monoisotopic (exact) mass is 336 g/mol. The first-order valence-electron chi connectivity index (χ1n) is 9.81. The second-order valence-corrected chi connectivity index (χ2v) is 11.5. The number of nitrogens with zero attached hydrogens (tertiary/aromatic N) is 1. The summed E-state index contributed by atoms with van der Waals surface area (Å²) < 4.78 is 8.68. The lowest BCUT2D eigenvalue weighted by Crippen LogP contribution is -2.36. The van der Waals surface area contributed by atoms with Gasteiger partial charge in [-0.3, -0.25) is 0 Å². The first kappa shape index (κ1) is 20.4. The maximum absolute atomic E-state index is 6.37. The van der Waals surface area contributed by atoms with Crippen molar-refractivity contribution in [2.24, 2.45) is 0 Å². The standard InChI is InChI=1S/C20H38NOSi/c1-5-9-10-11-12-13-16-21-17-14-20(15-18-21)19-22-23(6-2,7-3)8-4/h14-15,17-18H,5-13,16,19H2,1-4H3/q+1. The average Bonchev–Trinajstić information content (AvgIpc) is 2.61. The van der Waals surface area contributed by atoms with Crippen molar-refractivity contribution in [1.82, 2.24) is 0 Å². The van der Waals surface area contributed by atoms with Crippen LogP contribution in [-0.4, -0.2) is 8.32 Å². The van der Waals surface area contributed by atoms with Crippen LogP contribution in [0.1, 0.15) is 71.8 Å². The Labute approximate surface area is 145 Å². The van der Waals surface area contributed by atoms with E-state index in [1.807, 2.05) is 0 Å². The number of rotatable bonds is 13. The Kier molecular flexibility index (Phi) is 10.5. The van der Waals surface area contributed by atoms with Crippen molar-refractivity contribution < 1.29 is 8.99 Å². The number of aryl methyl sites for hydroxylation is 1. The lowest BCUT2D eigenvalue weighted by molar-refractivity contribution is -0.697. The van der Waals surface area contributed by atoms with Gasteiger partial charge in [-0.05, 0) is 30.1 Å². The highest BCUT2D eigenvalue weighted by molar-refractivity contribution is 6.73. The molecule has 0 unspecified atom stereocenters. The maximum atomic E-state index is 6.37. The van der Waals surface area contributed by atoms with Gasteiger partial charge in [-0.15, -0.1) is 0 Å². The molecule has 0 N–H and O–H groups in total. The highest BCUT2D eigenvalue weighted by atomic mass is 28.4. The molecule has 1 aromatic heterocycles. The molecule has 0 fully saturated rings. The molecule has 0 radical (unpaired) electrons. The summed E-state index contributed by atoms with van der Waals surface area (Å²) in [6, 6.07) is 8.15. The zero-order chi connectivity index (χ0) is 17.0. The normalized spacial score (nSPS) is 11.8. The molecule has 1 aromatic rings. The van der Waals surface area contributed by atoms with Gasteiger partial charge >= 0.3 is 0 Å². The minimum absolute atomic E-state index is 0.791. The fourth-order valence-electron chi connectivity index (χ4n) is 3.10. The summed E-state index contributed by atoms with van der Waals surface area (Å²) in [5.74, 6) is 0. The third-order valence-corrected chi connectivity index (χ3v) is 9.83. The van der Waals surface area contributed by atoms with Crippen LogP contribution >= 0.6 is 0 Å². The van der Waals surface area contributed by atoms with Crippen molar-refractivity contribution in [3.8, 4) is 0 Å².